The normalized spacial score (nSPS) is 31.7. The van der Waals surface area contributed by atoms with Gasteiger partial charge in [-0.05, 0) is 44.5 Å². The molecule has 2 aromatic heterocycles. The standard InChI is InChI=1S/C16H21N3/c1-18-10-8-16(7-3-2-4-14(16)18)13-5-6-15-17-9-11-19(15)12-13/h5-6,9,11-12,14H,2-4,7-8,10H2,1H3. The molecule has 1 saturated carbocycles. The summed E-state index contributed by atoms with van der Waals surface area (Å²) in [6.45, 7) is 1.24. The van der Waals surface area contributed by atoms with E-state index in [0.29, 0.717) is 5.41 Å². The fraction of sp³-hybridized carbons (Fsp3) is 0.562. The molecule has 0 bridgehead atoms. The first-order valence-corrected chi connectivity index (χ1v) is 7.43. The predicted molar refractivity (Wildman–Crippen MR) is 76.4 cm³/mol. The van der Waals surface area contributed by atoms with Gasteiger partial charge in [0.05, 0.1) is 0 Å². The van der Waals surface area contributed by atoms with Crippen molar-refractivity contribution in [3.05, 3.63) is 36.3 Å². The molecule has 0 radical (unpaired) electrons. The van der Waals surface area contributed by atoms with Crippen molar-refractivity contribution in [2.24, 2.45) is 0 Å². The summed E-state index contributed by atoms with van der Waals surface area (Å²) in [6, 6.07) is 5.23. The van der Waals surface area contributed by atoms with Gasteiger partial charge in [0.25, 0.3) is 0 Å². The van der Waals surface area contributed by atoms with Crippen LogP contribution in [0.15, 0.2) is 30.7 Å². The van der Waals surface area contributed by atoms with E-state index in [1.807, 2.05) is 6.20 Å². The Morgan fingerprint density at radius 1 is 1.26 bits per heavy atom. The van der Waals surface area contributed by atoms with Crippen LogP contribution >= 0.6 is 0 Å². The lowest BCUT2D eigenvalue weighted by Gasteiger charge is -2.41. The Bertz CT molecular complexity index is 599. The lowest BCUT2D eigenvalue weighted by molar-refractivity contribution is 0.181. The summed E-state index contributed by atoms with van der Waals surface area (Å²) in [6.07, 6.45) is 13.1. The number of pyridine rings is 1. The molecule has 100 valence electrons. The summed E-state index contributed by atoms with van der Waals surface area (Å²) < 4.78 is 2.17. The maximum atomic E-state index is 4.36. The van der Waals surface area contributed by atoms with E-state index in [-0.39, 0.29) is 0 Å². The average molecular weight is 255 g/mol. The molecule has 2 aromatic rings. The first kappa shape index (κ1) is 11.5. The zero-order valence-electron chi connectivity index (χ0n) is 11.5. The molecule has 0 amide bonds. The van der Waals surface area contributed by atoms with E-state index in [9.17, 15) is 0 Å². The molecule has 0 N–H and O–H groups in total. The van der Waals surface area contributed by atoms with Crippen molar-refractivity contribution in [3.8, 4) is 0 Å². The average Bonchev–Trinajstić information content (AvgIpc) is 3.04. The highest BCUT2D eigenvalue weighted by molar-refractivity contribution is 5.42. The number of nitrogens with zero attached hydrogens (tertiary/aromatic N) is 3. The molecule has 2 atom stereocenters. The van der Waals surface area contributed by atoms with Gasteiger partial charge in [-0.2, -0.15) is 0 Å². The number of fused-ring (bicyclic) bond motifs is 2. The van der Waals surface area contributed by atoms with E-state index in [1.165, 1.54) is 44.2 Å². The van der Waals surface area contributed by atoms with Crippen LogP contribution in [0.25, 0.3) is 5.65 Å². The molecule has 3 heterocycles. The molecule has 2 aliphatic rings. The van der Waals surface area contributed by atoms with Crippen LogP contribution in [0.5, 0.6) is 0 Å². The molecule has 1 aliphatic carbocycles. The monoisotopic (exact) mass is 255 g/mol. The lowest BCUT2D eigenvalue weighted by atomic mass is 9.66. The largest absolute Gasteiger partial charge is 0.307 e. The van der Waals surface area contributed by atoms with Gasteiger partial charge in [0, 0.05) is 30.0 Å². The SMILES string of the molecule is CN1CCC2(c3ccc4nccn4c3)CCCCC12. The molecule has 3 heteroatoms. The molecular weight excluding hydrogens is 234 g/mol. The minimum atomic E-state index is 0.394. The molecule has 0 spiro atoms. The minimum absolute atomic E-state index is 0.394. The third kappa shape index (κ3) is 1.57. The van der Waals surface area contributed by atoms with Crippen molar-refractivity contribution < 1.29 is 0 Å². The zero-order chi connectivity index (χ0) is 12.9. The zero-order valence-corrected chi connectivity index (χ0v) is 11.5. The third-order valence-electron chi connectivity index (χ3n) is 5.39. The van der Waals surface area contributed by atoms with Crippen LogP contribution in [0.1, 0.15) is 37.7 Å². The van der Waals surface area contributed by atoms with Crippen molar-refractivity contribution in [1.29, 1.82) is 0 Å². The summed E-state index contributed by atoms with van der Waals surface area (Å²) in [5, 5.41) is 0. The van der Waals surface area contributed by atoms with Gasteiger partial charge in [-0.3, -0.25) is 0 Å². The molecular formula is C16H21N3. The van der Waals surface area contributed by atoms with Crippen molar-refractivity contribution in [2.75, 3.05) is 13.6 Å². The minimum Gasteiger partial charge on any atom is -0.307 e. The van der Waals surface area contributed by atoms with Gasteiger partial charge in [0.2, 0.25) is 0 Å². The number of hydrogen-bond acceptors (Lipinski definition) is 2. The van der Waals surface area contributed by atoms with Crippen LogP contribution in [0.2, 0.25) is 0 Å². The Kier molecular flexibility index (Phi) is 2.46. The number of likely N-dealkylation sites (N-methyl/N-ethyl adjacent to an activating group) is 1. The Morgan fingerprint density at radius 3 is 3.16 bits per heavy atom. The second kappa shape index (κ2) is 4.07. The summed E-state index contributed by atoms with van der Waals surface area (Å²) in [5.41, 5.74) is 2.97. The number of aromatic nitrogens is 2. The Labute approximate surface area is 114 Å². The maximum Gasteiger partial charge on any atom is 0.136 e. The molecule has 0 aromatic carbocycles. The number of hydrogen-bond donors (Lipinski definition) is 0. The molecule has 19 heavy (non-hydrogen) atoms. The highest BCUT2D eigenvalue weighted by atomic mass is 15.2. The van der Waals surface area contributed by atoms with E-state index in [1.54, 1.807) is 0 Å². The maximum absolute atomic E-state index is 4.36. The molecule has 2 fully saturated rings. The lowest BCUT2D eigenvalue weighted by Crippen LogP contribution is -2.43. The quantitative estimate of drug-likeness (QED) is 0.781. The Hall–Kier alpha value is -1.35. The molecule has 3 nitrogen and oxygen atoms in total. The van der Waals surface area contributed by atoms with Crippen molar-refractivity contribution in [2.45, 2.75) is 43.6 Å². The van der Waals surface area contributed by atoms with Crippen LogP contribution in [-0.4, -0.2) is 33.9 Å². The van der Waals surface area contributed by atoms with Crippen LogP contribution in [-0.2, 0) is 5.41 Å². The second-order valence-electron chi connectivity index (χ2n) is 6.26. The first-order valence-electron chi connectivity index (χ1n) is 7.43. The topological polar surface area (TPSA) is 20.5 Å². The Morgan fingerprint density at radius 2 is 2.21 bits per heavy atom. The fourth-order valence-electron chi connectivity index (χ4n) is 4.38. The molecule has 4 rings (SSSR count). The molecule has 1 aliphatic heterocycles. The summed E-state index contributed by atoms with van der Waals surface area (Å²) >= 11 is 0. The number of rotatable bonds is 1. The van der Waals surface area contributed by atoms with Gasteiger partial charge in [-0.1, -0.05) is 18.9 Å². The van der Waals surface area contributed by atoms with Gasteiger partial charge in [0.1, 0.15) is 5.65 Å². The number of likely N-dealkylation sites (tertiary alicyclic amines) is 1. The summed E-state index contributed by atoms with van der Waals surface area (Å²) in [4.78, 5) is 6.94. The first-order chi connectivity index (χ1) is 9.29. The fourth-order valence-corrected chi connectivity index (χ4v) is 4.38. The van der Waals surface area contributed by atoms with Crippen molar-refractivity contribution in [3.63, 3.8) is 0 Å². The van der Waals surface area contributed by atoms with Crippen LogP contribution in [0.3, 0.4) is 0 Å². The van der Waals surface area contributed by atoms with Gasteiger partial charge >= 0.3 is 0 Å². The van der Waals surface area contributed by atoms with Crippen LogP contribution in [0, 0.1) is 0 Å². The van der Waals surface area contributed by atoms with Gasteiger partial charge in [0.15, 0.2) is 0 Å². The van der Waals surface area contributed by atoms with Gasteiger partial charge in [-0.15, -0.1) is 0 Å². The third-order valence-corrected chi connectivity index (χ3v) is 5.39. The molecule has 1 saturated heterocycles. The van der Waals surface area contributed by atoms with E-state index in [0.717, 1.165) is 11.7 Å². The highest BCUT2D eigenvalue weighted by Gasteiger charge is 2.48. The van der Waals surface area contributed by atoms with E-state index in [2.05, 4.69) is 45.9 Å². The summed E-state index contributed by atoms with van der Waals surface area (Å²) in [7, 11) is 2.30. The van der Waals surface area contributed by atoms with Crippen LogP contribution < -0.4 is 0 Å². The van der Waals surface area contributed by atoms with E-state index in [4.69, 9.17) is 0 Å². The van der Waals surface area contributed by atoms with E-state index < -0.39 is 0 Å². The van der Waals surface area contributed by atoms with E-state index >= 15 is 0 Å². The summed E-state index contributed by atoms with van der Waals surface area (Å²) in [5.74, 6) is 0. The smallest absolute Gasteiger partial charge is 0.136 e. The van der Waals surface area contributed by atoms with Gasteiger partial charge in [-0.25, -0.2) is 4.98 Å². The number of imidazole rings is 1. The van der Waals surface area contributed by atoms with Gasteiger partial charge < -0.3 is 9.30 Å². The van der Waals surface area contributed by atoms with Crippen molar-refractivity contribution >= 4 is 5.65 Å². The van der Waals surface area contributed by atoms with Crippen LogP contribution in [0.4, 0.5) is 0 Å². The van der Waals surface area contributed by atoms with Crippen molar-refractivity contribution in [1.82, 2.24) is 14.3 Å². The Balaban J connectivity index is 1.83. The highest BCUT2D eigenvalue weighted by Crippen LogP contribution is 2.48. The predicted octanol–water partition coefficient (Wildman–Crippen LogP) is 2.85. The molecule has 2 unspecified atom stereocenters. The second-order valence-corrected chi connectivity index (χ2v) is 6.26.